The number of para-hydroxylation sites is 1. The number of nitro benzene ring substituents is 1. The lowest BCUT2D eigenvalue weighted by Crippen LogP contribution is -2.12. The number of anilines is 2. The van der Waals surface area contributed by atoms with E-state index in [1.54, 1.807) is 12.1 Å². The molecule has 0 atom stereocenters. The average molecular weight is 327 g/mol. The van der Waals surface area contributed by atoms with E-state index in [1.165, 1.54) is 23.7 Å². The summed E-state index contributed by atoms with van der Waals surface area (Å²) < 4.78 is 6.16. The molecule has 0 radical (unpaired) electrons. The molecule has 3 rings (SSSR count). The molecule has 0 unspecified atom stereocenters. The SMILES string of the molecule is Cn1c(Nc2ccc([N+](=O)[O-])cc2)nsc1=Nc1ccccc1. The van der Waals surface area contributed by atoms with Gasteiger partial charge in [0.1, 0.15) is 0 Å². The minimum atomic E-state index is -0.427. The third-order valence-electron chi connectivity index (χ3n) is 3.13. The molecule has 2 aromatic carbocycles. The first-order chi connectivity index (χ1) is 11.1. The van der Waals surface area contributed by atoms with Gasteiger partial charge in [0, 0.05) is 36.4 Å². The van der Waals surface area contributed by atoms with E-state index in [9.17, 15) is 10.1 Å². The van der Waals surface area contributed by atoms with E-state index in [2.05, 4.69) is 14.7 Å². The predicted molar refractivity (Wildman–Crippen MR) is 89.1 cm³/mol. The minimum Gasteiger partial charge on any atom is -0.325 e. The van der Waals surface area contributed by atoms with Crippen LogP contribution in [0.4, 0.5) is 23.0 Å². The van der Waals surface area contributed by atoms with Crippen LogP contribution in [-0.4, -0.2) is 13.9 Å². The maximum Gasteiger partial charge on any atom is 0.269 e. The first kappa shape index (κ1) is 14.9. The molecule has 0 spiro atoms. The van der Waals surface area contributed by atoms with E-state index in [1.807, 2.05) is 41.9 Å². The van der Waals surface area contributed by atoms with Gasteiger partial charge in [-0.25, -0.2) is 4.99 Å². The highest BCUT2D eigenvalue weighted by atomic mass is 32.1. The molecular formula is C15H13N5O2S. The normalized spacial score (nSPS) is 11.4. The van der Waals surface area contributed by atoms with Crippen molar-refractivity contribution in [3.05, 3.63) is 69.5 Å². The summed E-state index contributed by atoms with van der Waals surface area (Å²) in [5.74, 6) is 0.624. The molecular weight excluding hydrogens is 314 g/mol. The van der Waals surface area contributed by atoms with Crippen molar-refractivity contribution in [3.63, 3.8) is 0 Å². The Morgan fingerprint density at radius 1 is 1.17 bits per heavy atom. The first-order valence-corrected chi connectivity index (χ1v) is 7.55. The fraction of sp³-hybridized carbons (Fsp3) is 0.0667. The quantitative estimate of drug-likeness (QED) is 0.588. The molecule has 0 fully saturated rings. The van der Waals surface area contributed by atoms with Crippen LogP contribution in [0.3, 0.4) is 0 Å². The summed E-state index contributed by atoms with van der Waals surface area (Å²) in [6, 6.07) is 15.8. The van der Waals surface area contributed by atoms with E-state index in [-0.39, 0.29) is 5.69 Å². The van der Waals surface area contributed by atoms with E-state index in [0.29, 0.717) is 5.95 Å². The van der Waals surface area contributed by atoms with Crippen LogP contribution in [0.1, 0.15) is 0 Å². The van der Waals surface area contributed by atoms with Crippen molar-refractivity contribution < 1.29 is 4.92 Å². The highest BCUT2D eigenvalue weighted by Crippen LogP contribution is 2.18. The summed E-state index contributed by atoms with van der Waals surface area (Å²) in [6.07, 6.45) is 0. The maximum absolute atomic E-state index is 10.7. The highest BCUT2D eigenvalue weighted by molar-refractivity contribution is 7.03. The third kappa shape index (κ3) is 3.43. The number of nitro groups is 1. The van der Waals surface area contributed by atoms with Crippen molar-refractivity contribution in [1.82, 2.24) is 8.94 Å². The molecule has 0 saturated carbocycles. The van der Waals surface area contributed by atoms with Gasteiger partial charge in [0.2, 0.25) is 10.7 Å². The maximum atomic E-state index is 10.7. The van der Waals surface area contributed by atoms with Crippen molar-refractivity contribution in [3.8, 4) is 0 Å². The van der Waals surface area contributed by atoms with Gasteiger partial charge in [-0.2, -0.15) is 4.37 Å². The van der Waals surface area contributed by atoms with Crippen molar-refractivity contribution in [2.75, 3.05) is 5.32 Å². The summed E-state index contributed by atoms with van der Waals surface area (Å²) in [5, 5.41) is 13.8. The zero-order chi connectivity index (χ0) is 16.2. The number of aromatic nitrogens is 2. The summed E-state index contributed by atoms with van der Waals surface area (Å²) in [4.78, 5) is 15.5. The van der Waals surface area contributed by atoms with Gasteiger partial charge in [0.15, 0.2) is 0 Å². The van der Waals surface area contributed by atoms with Crippen LogP contribution in [0, 0.1) is 10.1 Å². The Labute approximate surface area is 135 Å². The summed E-state index contributed by atoms with van der Waals surface area (Å²) >= 11 is 1.27. The molecule has 116 valence electrons. The zero-order valence-electron chi connectivity index (χ0n) is 12.2. The molecule has 1 aromatic heterocycles. The Kier molecular flexibility index (Phi) is 4.15. The van der Waals surface area contributed by atoms with E-state index in [0.717, 1.165) is 16.2 Å². The van der Waals surface area contributed by atoms with Crippen LogP contribution in [0.15, 0.2) is 59.6 Å². The Hall–Kier alpha value is -3.00. The second kappa shape index (κ2) is 6.41. The standard InChI is InChI=1S/C15H13N5O2S/c1-19-14(16-12-7-9-13(10-8-12)20(21)22)18-23-15(19)17-11-5-3-2-4-6-11/h2-10H,1H3,(H,16,18). The molecule has 0 aliphatic rings. The van der Waals surface area contributed by atoms with Gasteiger partial charge in [-0.3, -0.25) is 14.7 Å². The fourth-order valence-electron chi connectivity index (χ4n) is 1.91. The van der Waals surface area contributed by atoms with Crippen LogP contribution >= 0.6 is 11.5 Å². The first-order valence-electron chi connectivity index (χ1n) is 6.77. The molecule has 0 bridgehead atoms. The van der Waals surface area contributed by atoms with Crippen molar-refractivity contribution in [2.24, 2.45) is 12.0 Å². The number of benzene rings is 2. The molecule has 0 aliphatic heterocycles. The molecule has 7 nitrogen and oxygen atoms in total. The zero-order valence-corrected chi connectivity index (χ0v) is 13.0. The van der Waals surface area contributed by atoms with Gasteiger partial charge >= 0.3 is 0 Å². The Morgan fingerprint density at radius 3 is 2.52 bits per heavy atom. The van der Waals surface area contributed by atoms with E-state index < -0.39 is 4.92 Å². The number of hydrogen-bond donors (Lipinski definition) is 1. The molecule has 3 aromatic rings. The smallest absolute Gasteiger partial charge is 0.269 e. The predicted octanol–water partition coefficient (Wildman–Crippen LogP) is 3.37. The van der Waals surface area contributed by atoms with Crippen LogP contribution in [0.5, 0.6) is 0 Å². The van der Waals surface area contributed by atoms with Crippen LogP contribution < -0.4 is 10.1 Å². The summed E-state index contributed by atoms with van der Waals surface area (Å²) in [6.45, 7) is 0. The average Bonchev–Trinajstić information content (AvgIpc) is 2.90. The molecule has 8 heteroatoms. The lowest BCUT2D eigenvalue weighted by atomic mass is 10.3. The Bertz CT molecular complexity index is 884. The van der Waals surface area contributed by atoms with Crippen molar-refractivity contribution in [2.45, 2.75) is 0 Å². The van der Waals surface area contributed by atoms with Gasteiger partial charge in [-0.05, 0) is 24.3 Å². The highest BCUT2D eigenvalue weighted by Gasteiger charge is 2.07. The van der Waals surface area contributed by atoms with Crippen LogP contribution in [0.25, 0.3) is 0 Å². The molecule has 23 heavy (non-hydrogen) atoms. The second-order valence-electron chi connectivity index (χ2n) is 4.72. The van der Waals surface area contributed by atoms with Crippen LogP contribution in [0.2, 0.25) is 0 Å². The molecule has 1 N–H and O–H groups in total. The Morgan fingerprint density at radius 2 is 1.87 bits per heavy atom. The molecule has 0 saturated heterocycles. The van der Waals surface area contributed by atoms with Gasteiger partial charge in [0.25, 0.3) is 5.69 Å². The minimum absolute atomic E-state index is 0.0537. The van der Waals surface area contributed by atoms with E-state index in [4.69, 9.17) is 0 Å². The van der Waals surface area contributed by atoms with Crippen molar-refractivity contribution >= 4 is 34.5 Å². The number of rotatable bonds is 4. The lowest BCUT2D eigenvalue weighted by molar-refractivity contribution is -0.384. The molecule has 0 amide bonds. The van der Waals surface area contributed by atoms with Crippen molar-refractivity contribution in [1.29, 1.82) is 0 Å². The lowest BCUT2D eigenvalue weighted by Gasteiger charge is -2.04. The van der Waals surface area contributed by atoms with Gasteiger partial charge in [-0.1, -0.05) is 18.2 Å². The van der Waals surface area contributed by atoms with Gasteiger partial charge in [-0.15, -0.1) is 0 Å². The Balaban J connectivity index is 1.85. The molecule has 0 aliphatic carbocycles. The van der Waals surface area contributed by atoms with Gasteiger partial charge in [0.05, 0.1) is 10.6 Å². The number of non-ortho nitro benzene ring substituents is 1. The number of nitrogens with one attached hydrogen (secondary N) is 1. The number of nitrogens with zero attached hydrogens (tertiary/aromatic N) is 4. The van der Waals surface area contributed by atoms with Crippen LogP contribution in [-0.2, 0) is 7.05 Å². The van der Waals surface area contributed by atoms with Gasteiger partial charge < -0.3 is 5.32 Å². The third-order valence-corrected chi connectivity index (χ3v) is 3.93. The fourth-order valence-corrected chi connectivity index (χ4v) is 2.60. The largest absolute Gasteiger partial charge is 0.325 e. The number of hydrogen-bond acceptors (Lipinski definition) is 6. The summed E-state index contributed by atoms with van der Waals surface area (Å²) in [7, 11) is 1.86. The van der Waals surface area contributed by atoms with E-state index >= 15 is 0 Å². The second-order valence-corrected chi connectivity index (χ2v) is 5.45. The monoisotopic (exact) mass is 327 g/mol. The molecule has 1 heterocycles. The summed E-state index contributed by atoms with van der Waals surface area (Å²) in [5.41, 5.74) is 1.63. The topological polar surface area (TPSA) is 85.3 Å².